The third-order valence-electron chi connectivity index (χ3n) is 3.47. The van der Waals surface area contributed by atoms with Crippen LogP contribution in [0.1, 0.15) is 40.5 Å². The molecular weight excluding hydrogens is 294 g/mol. The van der Waals surface area contributed by atoms with Crippen molar-refractivity contribution in [3.05, 3.63) is 24.3 Å². The molecule has 0 radical (unpaired) electrons. The fourth-order valence-corrected chi connectivity index (χ4v) is 2.53. The molecule has 1 aliphatic rings. The van der Waals surface area contributed by atoms with Crippen molar-refractivity contribution < 1.29 is 19.0 Å². The number of carbonyl (C=O) groups is 1. The normalized spacial score (nSPS) is 18.4. The maximum atomic E-state index is 12.2. The molecule has 0 aromatic heterocycles. The molecular formula is C18H27NO4. The lowest BCUT2D eigenvalue weighted by molar-refractivity contribution is 0.00747. The second kappa shape index (κ2) is 7.57. The van der Waals surface area contributed by atoms with Gasteiger partial charge in [-0.25, -0.2) is 4.79 Å². The number of ether oxygens (including phenoxy) is 3. The number of hydrogen-bond acceptors (Lipinski definition) is 4. The number of carbonyl (C=O) groups excluding carboxylic acids is 1. The van der Waals surface area contributed by atoms with Gasteiger partial charge in [-0.15, -0.1) is 0 Å². The van der Waals surface area contributed by atoms with Gasteiger partial charge in [-0.3, -0.25) is 0 Å². The topological polar surface area (TPSA) is 48.0 Å². The first-order chi connectivity index (χ1) is 10.9. The second-order valence-corrected chi connectivity index (χ2v) is 6.69. The highest BCUT2D eigenvalue weighted by Gasteiger charge is 2.28. The molecule has 1 amide bonds. The number of hydrogen-bond donors (Lipinski definition) is 0. The van der Waals surface area contributed by atoms with Crippen LogP contribution in [0.15, 0.2) is 24.3 Å². The van der Waals surface area contributed by atoms with Crippen molar-refractivity contribution in [1.82, 2.24) is 4.90 Å². The molecule has 5 heteroatoms. The van der Waals surface area contributed by atoms with E-state index in [9.17, 15) is 4.79 Å². The van der Waals surface area contributed by atoms with E-state index in [1.807, 2.05) is 52.0 Å². The van der Waals surface area contributed by atoms with Gasteiger partial charge in [-0.05, 0) is 52.7 Å². The van der Waals surface area contributed by atoms with Gasteiger partial charge < -0.3 is 19.1 Å². The first kappa shape index (κ1) is 17.4. The molecule has 128 valence electrons. The van der Waals surface area contributed by atoms with Crippen molar-refractivity contribution in [1.29, 1.82) is 0 Å². The molecule has 1 aromatic rings. The smallest absolute Gasteiger partial charge is 0.410 e. The molecule has 1 atom stereocenters. The number of likely N-dealkylation sites (tertiary alicyclic amines) is 1. The molecule has 0 N–H and O–H groups in total. The van der Waals surface area contributed by atoms with E-state index in [2.05, 4.69) is 0 Å². The summed E-state index contributed by atoms with van der Waals surface area (Å²) >= 11 is 0. The number of piperidine rings is 1. The predicted octanol–water partition coefficient (Wildman–Crippen LogP) is 3.86. The van der Waals surface area contributed by atoms with Gasteiger partial charge >= 0.3 is 6.09 Å². The van der Waals surface area contributed by atoms with Crippen LogP contribution in [0.4, 0.5) is 4.79 Å². The standard InChI is InChI=1S/C18H27NO4/c1-5-21-15-10-6-7-11-16(15)22-14-9-8-12-19(13-14)17(20)23-18(2,3)4/h6-7,10-11,14H,5,8-9,12-13H2,1-4H3/t14-/m1/s1. The Labute approximate surface area is 138 Å². The first-order valence-corrected chi connectivity index (χ1v) is 8.25. The van der Waals surface area contributed by atoms with E-state index in [-0.39, 0.29) is 12.2 Å². The van der Waals surface area contributed by atoms with Crippen molar-refractivity contribution in [3.63, 3.8) is 0 Å². The molecule has 1 aliphatic heterocycles. The molecule has 1 fully saturated rings. The van der Waals surface area contributed by atoms with Crippen molar-refractivity contribution in [2.24, 2.45) is 0 Å². The van der Waals surface area contributed by atoms with Gasteiger partial charge in [0.2, 0.25) is 0 Å². The van der Waals surface area contributed by atoms with Crippen LogP contribution in [-0.4, -0.2) is 42.4 Å². The minimum Gasteiger partial charge on any atom is -0.490 e. The molecule has 0 unspecified atom stereocenters. The van der Waals surface area contributed by atoms with Crippen molar-refractivity contribution in [3.8, 4) is 11.5 Å². The largest absolute Gasteiger partial charge is 0.490 e. The lowest BCUT2D eigenvalue weighted by Crippen LogP contribution is -2.46. The van der Waals surface area contributed by atoms with Crippen molar-refractivity contribution >= 4 is 6.09 Å². The second-order valence-electron chi connectivity index (χ2n) is 6.69. The van der Waals surface area contributed by atoms with Gasteiger partial charge in [0.25, 0.3) is 0 Å². The SMILES string of the molecule is CCOc1ccccc1O[C@@H]1CCCN(C(=O)OC(C)(C)C)C1. The average Bonchev–Trinajstić information content (AvgIpc) is 2.48. The molecule has 1 aromatic carbocycles. The summed E-state index contributed by atoms with van der Waals surface area (Å²) in [5.74, 6) is 1.47. The van der Waals surface area contributed by atoms with E-state index in [0.717, 1.165) is 24.3 Å². The van der Waals surface area contributed by atoms with Crippen LogP contribution in [-0.2, 0) is 4.74 Å². The lowest BCUT2D eigenvalue weighted by atomic mass is 10.1. The molecule has 5 nitrogen and oxygen atoms in total. The highest BCUT2D eigenvalue weighted by molar-refractivity contribution is 5.68. The first-order valence-electron chi connectivity index (χ1n) is 8.25. The molecule has 1 saturated heterocycles. The van der Waals surface area contributed by atoms with Crippen molar-refractivity contribution in [2.75, 3.05) is 19.7 Å². The summed E-state index contributed by atoms with van der Waals surface area (Å²) in [6, 6.07) is 7.64. The Balaban J connectivity index is 1.98. The maximum Gasteiger partial charge on any atom is 0.410 e. The highest BCUT2D eigenvalue weighted by atomic mass is 16.6. The Morgan fingerprint density at radius 3 is 2.61 bits per heavy atom. The van der Waals surface area contributed by atoms with E-state index < -0.39 is 5.60 Å². The number of rotatable bonds is 4. The van der Waals surface area contributed by atoms with Gasteiger partial charge in [0.05, 0.1) is 13.2 Å². The van der Waals surface area contributed by atoms with E-state index in [1.54, 1.807) is 4.90 Å². The van der Waals surface area contributed by atoms with E-state index in [0.29, 0.717) is 19.7 Å². The number of para-hydroxylation sites is 2. The zero-order chi connectivity index (χ0) is 16.9. The van der Waals surface area contributed by atoms with Gasteiger partial charge in [0.15, 0.2) is 11.5 Å². The van der Waals surface area contributed by atoms with E-state index in [1.165, 1.54) is 0 Å². The number of benzene rings is 1. The van der Waals surface area contributed by atoms with Crippen LogP contribution in [0.25, 0.3) is 0 Å². The summed E-state index contributed by atoms with van der Waals surface area (Å²) in [6.45, 7) is 9.41. The molecule has 23 heavy (non-hydrogen) atoms. The van der Waals surface area contributed by atoms with Gasteiger partial charge in [0, 0.05) is 6.54 Å². The average molecular weight is 321 g/mol. The summed E-state index contributed by atoms with van der Waals surface area (Å²) < 4.78 is 17.1. The predicted molar refractivity (Wildman–Crippen MR) is 89.1 cm³/mol. The Morgan fingerprint density at radius 2 is 1.96 bits per heavy atom. The Kier molecular flexibility index (Phi) is 5.74. The van der Waals surface area contributed by atoms with Crippen LogP contribution < -0.4 is 9.47 Å². The fourth-order valence-electron chi connectivity index (χ4n) is 2.53. The summed E-state index contributed by atoms with van der Waals surface area (Å²) in [5.41, 5.74) is -0.480. The Morgan fingerprint density at radius 1 is 1.26 bits per heavy atom. The zero-order valence-electron chi connectivity index (χ0n) is 14.5. The zero-order valence-corrected chi connectivity index (χ0v) is 14.5. The molecule has 2 rings (SSSR count). The van der Waals surface area contributed by atoms with Crippen LogP contribution in [0.3, 0.4) is 0 Å². The maximum absolute atomic E-state index is 12.2. The third kappa shape index (κ3) is 5.34. The summed E-state index contributed by atoms with van der Waals surface area (Å²) in [7, 11) is 0. The van der Waals surface area contributed by atoms with Crippen LogP contribution in [0.5, 0.6) is 11.5 Å². The minimum atomic E-state index is -0.480. The Hall–Kier alpha value is -1.91. The highest BCUT2D eigenvalue weighted by Crippen LogP contribution is 2.29. The Bertz CT molecular complexity index is 524. The lowest BCUT2D eigenvalue weighted by Gasteiger charge is -2.34. The van der Waals surface area contributed by atoms with E-state index in [4.69, 9.17) is 14.2 Å². The molecule has 0 saturated carbocycles. The third-order valence-corrected chi connectivity index (χ3v) is 3.47. The van der Waals surface area contributed by atoms with Gasteiger partial charge in [-0.2, -0.15) is 0 Å². The summed E-state index contributed by atoms with van der Waals surface area (Å²) in [5, 5.41) is 0. The number of nitrogens with zero attached hydrogens (tertiary/aromatic N) is 1. The van der Waals surface area contributed by atoms with Crippen molar-refractivity contribution in [2.45, 2.75) is 52.2 Å². The monoisotopic (exact) mass is 321 g/mol. The minimum absolute atomic E-state index is 0.0436. The van der Waals surface area contributed by atoms with Crippen LogP contribution in [0.2, 0.25) is 0 Å². The van der Waals surface area contributed by atoms with Gasteiger partial charge in [0.1, 0.15) is 11.7 Å². The quantitative estimate of drug-likeness (QED) is 0.845. The van der Waals surface area contributed by atoms with Crippen LogP contribution in [0, 0.1) is 0 Å². The summed E-state index contributed by atoms with van der Waals surface area (Å²) in [4.78, 5) is 13.9. The molecule has 0 spiro atoms. The van der Waals surface area contributed by atoms with Gasteiger partial charge in [-0.1, -0.05) is 12.1 Å². The number of amides is 1. The van der Waals surface area contributed by atoms with E-state index >= 15 is 0 Å². The summed E-state index contributed by atoms with van der Waals surface area (Å²) in [6.07, 6.45) is 1.50. The van der Waals surface area contributed by atoms with Crippen LogP contribution >= 0.6 is 0 Å². The molecule has 0 aliphatic carbocycles. The molecule has 1 heterocycles. The fraction of sp³-hybridized carbons (Fsp3) is 0.611. The molecule has 0 bridgehead atoms.